The molecule has 0 saturated heterocycles. The van der Waals surface area contributed by atoms with Gasteiger partial charge in [0.1, 0.15) is 5.75 Å². The van der Waals surface area contributed by atoms with E-state index >= 15 is 0 Å². The second-order valence-corrected chi connectivity index (χ2v) is 5.97. The number of hydrogen-bond acceptors (Lipinski definition) is 4. The average Bonchev–Trinajstić information content (AvgIpc) is 3.13. The highest BCUT2D eigenvalue weighted by molar-refractivity contribution is 6.05. The Hall–Kier alpha value is -2.63. The highest BCUT2D eigenvalue weighted by Gasteiger charge is 2.25. The molecule has 5 heteroatoms. The fourth-order valence-electron chi connectivity index (χ4n) is 3.11. The first kappa shape index (κ1) is 17.2. The van der Waals surface area contributed by atoms with Crippen molar-refractivity contribution < 1.29 is 19.7 Å². The average molecular weight is 339 g/mol. The van der Waals surface area contributed by atoms with Gasteiger partial charge in [-0.3, -0.25) is 4.79 Å². The van der Waals surface area contributed by atoms with Gasteiger partial charge in [-0.25, -0.2) is 0 Å². The topological polar surface area (TPSA) is 78.8 Å². The lowest BCUT2D eigenvalue weighted by molar-refractivity contribution is -0.113. The van der Waals surface area contributed by atoms with Crippen molar-refractivity contribution in [1.82, 2.24) is 0 Å². The van der Waals surface area contributed by atoms with Gasteiger partial charge in [0.05, 0.1) is 12.8 Å². The van der Waals surface area contributed by atoms with Gasteiger partial charge in [0, 0.05) is 5.57 Å². The molecule has 0 unspecified atom stereocenters. The third-order valence-electron chi connectivity index (χ3n) is 4.40. The summed E-state index contributed by atoms with van der Waals surface area (Å²) < 4.78 is 5.42. The fraction of sp³-hybridized carbons (Fsp3) is 0.250. The summed E-state index contributed by atoms with van der Waals surface area (Å²) in [5.74, 6) is 0.241. The van der Waals surface area contributed by atoms with Crippen LogP contribution in [0.5, 0.6) is 5.75 Å². The summed E-state index contributed by atoms with van der Waals surface area (Å²) in [6.45, 7) is 0. The van der Waals surface area contributed by atoms with Crippen LogP contribution >= 0.6 is 0 Å². The lowest BCUT2D eigenvalue weighted by Gasteiger charge is -2.14. The van der Waals surface area contributed by atoms with Crippen LogP contribution in [0, 0.1) is 0 Å². The highest BCUT2D eigenvalue weighted by Crippen LogP contribution is 2.33. The number of methoxy groups -OCH3 is 1. The van der Waals surface area contributed by atoms with Gasteiger partial charge in [0.15, 0.2) is 6.29 Å². The van der Waals surface area contributed by atoms with Gasteiger partial charge in [0.2, 0.25) is 0 Å². The Labute approximate surface area is 146 Å². The number of aliphatic hydroxyl groups is 2. The Kier molecular flexibility index (Phi) is 5.16. The van der Waals surface area contributed by atoms with E-state index in [1.165, 1.54) is 0 Å². The second kappa shape index (κ2) is 7.51. The quantitative estimate of drug-likeness (QED) is 0.732. The molecule has 1 amide bonds. The molecule has 0 fully saturated rings. The predicted octanol–water partition coefficient (Wildman–Crippen LogP) is 3.09. The van der Waals surface area contributed by atoms with Crippen molar-refractivity contribution >= 4 is 11.6 Å². The molecule has 0 spiro atoms. The maximum Gasteiger partial charge on any atom is 0.251 e. The SMILES string of the molecule is COc1cc(-c2ccccc2)ccc1NC(=O)C1=C(C(O)O)CCC1. The number of ether oxygens (including phenoxy) is 1. The van der Waals surface area contributed by atoms with Crippen LogP contribution in [-0.2, 0) is 4.79 Å². The van der Waals surface area contributed by atoms with E-state index < -0.39 is 6.29 Å². The highest BCUT2D eigenvalue weighted by atomic mass is 16.5. The first-order chi connectivity index (χ1) is 12.1. The van der Waals surface area contributed by atoms with Crippen molar-refractivity contribution in [2.45, 2.75) is 25.6 Å². The molecular formula is C20H21NO4. The molecular weight excluding hydrogens is 318 g/mol. The van der Waals surface area contributed by atoms with E-state index in [2.05, 4.69) is 5.32 Å². The van der Waals surface area contributed by atoms with Crippen LogP contribution in [0.3, 0.4) is 0 Å². The van der Waals surface area contributed by atoms with Crippen molar-refractivity contribution in [3.63, 3.8) is 0 Å². The molecule has 1 aliphatic carbocycles. The summed E-state index contributed by atoms with van der Waals surface area (Å²) >= 11 is 0. The third-order valence-corrected chi connectivity index (χ3v) is 4.40. The Morgan fingerprint density at radius 3 is 2.52 bits per heavy atom. The smallest absolute Gasteiger partial charge is 0.251 e. The Morgan fingerprint density at radius 2 is 1.84 bits per heavy atom. The third kappa shape index (κ3) is 3.73. The number of rotatable bonds is 5. The molecule has 0 saturated carbocycles. The lowest BCUT2D eigenvalue weighted by Crippen LogP contribution is -2.18. The summed E-state index contributed by atoms with van der Waals surface area (Å²) in [5, 5.41) is 21.6. The van der Waals surface area contributed by atoms with Crippen LogP contribution in [0.1, 0.15) is 19.3 Å². The molecule has 0 atom stereocenters. The number of anilines is 1. The van der Waals surface area contributed by atoms with Crippen molar-refractivity contribution in [1.29, 1.82) is 0 Å². The standard InChI is InChI=1S/C20H21NO4/c1-25-18-12-14(13-6-3-2-4-7-13)10-11-17(18)21-19(22)15-8-5-9-16(15)20(23)24/h2-4,6-7,10-12,20,23-24H,5,8-9H2,1H3,(H,21,22). The molecule has 130 valence electrons. The molecule has 2 aromatic rings. The van der Waals surface area contributed by atoms with Crippen molar-refractivity contribution in [2.24, 2.45) is 0 Å². The molecule has 1 aliphatic rings. The zero-order chi connectivity index (χ0) is 17.8. The van der Waals surface area contributed by atoms with Crippen molar-refractivity contribution in [3.05, 3.63) is 59.7 Å². The fourth-order valence-corrected chi connectivity index (χ4v) is 3.11. The van der Waals surface area contributed by atoms with Crippen LogP contribution in [0.4, 0.5) is 5.69 Å². The van der Waals surface area contributed by atoms with Gasteiger partial charge in [-0.05, 0) is 48.1 Å². The molecule has 2 aromatic carbocycles. The molecule has 0 heterocycles. The van der Waals surface area contributed by atoms with E-state index in [-0.39, 0.29) is 5.91 Å². The monoisotopic (exact) mass is 339 g/mol. The van der Waals surface area contributed by atoms with Crippen LogP contribution in [0.25, 0.3) is 11.1 Å². The van der Waals surface area contributed by atoms with E-state index in [1.54, 1.807) is 13.2 Å². The predicted molar refractivity (Wildman–Crippen MR) is 96.2 cm³/mol. The van der Waals surface area contributed by atoms with Crippen LogP contribution in [0.2, 0.25) is 0 Å². The summed E-state index contributed by atoms with van der Waals surface area (Å²) in [7, 11) is 1.55. The van der Waals surface area contributed by atoms with Gasteiger partial charge in [0.25, 0.3) is 5.91 Å². The molecule has 3 N–H and O–H groups in total. The normalized spacial score (nSPS) is 14.1. The minimum atomic E-state index is -1.58. The zero-order valence-electron chi connectivity index (χ0n) is 14.0. The number of nitrogens with one attached hydrogen (secondary N) is 1. The summed E-state index contributed by atoms with van der Waals surface area (Å²) in [4.78, 5) is 12.5. The van der Waals surface area contributed by atoms with E-state index in [4.69, 9.17) is 4.74 Å². The molecule has 0 aromatic heterocycles. The van der Waals surface area contributed by atoms with Crippen molar-refractivity contribution in [3.8, 4) is 16.9 Å². The molecule has 5 nitrogen and oxygen atoms in total. The number of carbonyl (C=O) groups is 1. The summed E-state index contributed by atoms with van der Waals surface area (Å²) in [5.41, 5.74) is 3.45. The van der Waals surface area contributed by atoms with Crippen LogP contribution in [0.15, 0.2) is 59.7 Å². The zero-order valence-corrected chi connectivity index (χ0v) is 14.0. The molecule has 0 aliphatic heterocycles. The van der Waals surface area contributed by atoms with Crippen LogP contribution in [-0.4, -0.2) is 29.5 Å². The number of benzene rings is 2. The Morgan fingerprint density at radius 1 is 1.08 bits per heavy atom. The Bertz CT molecular complexity index is 797. The summed E-state index contributed by atoms with van der Waals surface area (Å²) in [6, 6.07) is 15.5. The van der Waals surface area contributed by atoms with E-state index in [1.807, 2.05) is 42.5 Å². The molecule has 3 rings (SSSR count). The van der Waals surface area contributed by atoms with Gasteiger partial charge in [-0.15, -0.1) is 0 Å². The molecule has 0 radical (unpaired) electrons. The minimum absolute atomic E-state index is 0.314. The lowest BCUT2D eigenvalue weighted by atomic mass is 10.0. The number of aliphatic hydroxyl groups excluding tert-OH is 1. The minimum Gasteiger partial charge on any atom is -0.495 e. The first-order valence-electron chi connectivity index (χ1n) is 8.23. The van der Waals surface area contributed by atoms with Gasteiger partial charge in [-0.1, -0.05) is 36.4 Å². The maximum atomic E-state index is 12.5. The van der Waals surface area contributed by atoms with Gasteiger partial charge < -0.3 is 20.3 Å². The second-order valence-electron chi connectivity index (χ2n) is 5.97. The largest absolute Gasteiger partial charge is 0.495 e. The van der Waals surface area contributed by atoms with Gasteiger partial charge >= 0.3 is 0 Å². The molecule has 0 bridgehead atoms. The van der Waals surface area contributed by atoms with E-state index in [0.717, 1.165) is 17.5 Å². The molecule has 25 heavy (non-hydrogen) atoms. The number of amides is 1. The van der Waals surface area contributed by atoms with E-state index in [0.29, 0.717) is 35.4 Å². The van der Waals surface area contributed by atoms with E-state index in [9.17, 15) is 15.0 Å². The van der Waals surface area contributed by atoms with Crippen molar-refractivity contribution in [2.75, 3.05) is 12.4 Å². The first-order valence-corrected chi connectivity index (χ1v) is 8.23. The van der Waals surface area contributed by atoms with Crippen LogP contribution < -0.4 is 10.1 Å². The van der Waals surface area contributed by atoms with Gasteiger partial charge in [-0.2, -0.15) is 0 Å². The maximum absolute atomic E-state index is 12.5. The summed E-state index contributed by atoms with van der Waals surface area (Å²) in [6.07, 6.45) is 0.249. The Balaban J connectivity index is 1.86. The number of carbonyl (C=O) groups excluding carboxylic acids is 1. The number of hydrogen-bond donors (Lipinski definition) is 3.